The zero-order valence-electron chi connectivity index (χ0n) is 15.9. The molecule has 31 heavy (non-hydrogen) atoms. The molecule has 1 unspecified atom stereocenters. The van der Waals surface area contributed by atoms with Crippen LogP contribution in [0.25, 0.3) is 15.9 Å². The highest BCUT2D eigenvalue weighted by atomic mass is 32.2. The van der Waals surface area contributed by atoms with Crippen LogP contribution in [0.4, 0.5) is 0 Å². The first-order valence-electron chi connectivity index (χ1n) is 9.29. The van der Waals surface area contributed by atoms with Gasteiger partial charge in [-0.1, -0.05) is 18.2 Å². The molecular formula is C20H15N5O3S3. The largest absolute Gasteiger partial charge is 0.478 e. The van der Waals surface area contributed by atoms with Gasteiger partial charge in [0.05, 0.1) is 15.8 Å². The van der Waals surface area contributed by atoms with Gasteiger partial charge in [0.2, 0.25) is 11.6 Å². The lowest BCUT2D eigenvalue weighted by Gasteiger charge is -2.19. The summed E-state index contributed by atoms with van der Waals surface area (Å²) in [4.78, 5) is 29.1. The average Bonchev–Trinajstić information content (AvgIpc) is 3.51. The molecule has 11 heteroatoms. The summed E-state index contributed by atoms with van der Waals surface area (Å²) in [7, 11) is 0. The highest BCUT2D eigenvalue weighted by Crippen LogP contribution is 2.40. The standard InChI is InChI=1S/C20H15N5O3S3/c26-11-24-8-9-29-17(24)16-22-23-19(25(16)13-4-2-1-3-5-13)31-20-21-14-7-6-12(18(27)28)10-15(14)30-20/h1-7,10-11,17H,8-9H2,(H,27,28). The van der Waals surface area contributed by atoms with E-state index in [9.17, 15) is 14.7 Å². The topological polar surface area (TPSA) is 101 Å². The summed E-state index contributed by atoms with van der Waals surface area (Å²) in [5.74, 6) is 0.571. The summed E-state index contributed by atoms with van der Waals surface area (Å²) >= 11 is 4.44. The predicted molar refractivity (Wildman–Crippen MR) is 120 cm³/mol. The van der Waals surface area contributed by atoms with Crippen LogP contribution < -0.4 is 0 Å². The number of fused-ring (bicyclic) bond motifs is 1. The second-order valence-corrected chi connectivity index (χ2v) is 10.1. The smallest absolute Gasteiger partial charge is 0.335 e. The van der Waals surface area contributed by atoms with Crippen molar-refractivity contribution in [3.8, 4) is 5.69 Å². The number of aromatic nitrogens is 4. The molecule has 1 aliphatic rings. The molecule has 2 aromatic heterocycles. The number of thiazole rings is 1. The van der Waals surface area contributed by atoms with Crippen molar-refractivity contribution in [1.82, 2.24) is 24.6 Å². The van der Waals surface area contributed by atoms with Gasteiger partial charge in [-0.3, -0.25) is 9.36 Å². The summed E-state index contributed by atoms with van der Waals surface area (Å²) in [6, 6.07) is 14.7. The van der Waals surface area contributed by atoms with E-state index in [1.165, 1.54) is 23.1 Å². The minimum atomic E-state index is -0.966. The van der Waals surface area contributed by atoms with Crippen molar-refractivity contribution in [3.63, 3.8) is 0 Å². The van der Waals surface area contributed by atoms with Crippen LogP contribution in [0.15, 0.2) is 58.0 Å². The molecule has 1 amide bonds. The molecule has 8 nitrogen and oxygen atoms in total. The summed E-state index contributed by atoms with van der Waals surface area (Å²) in [5.41, 5.74) is 1.87. The molecule has 3 heterocycles. The number of carbonyl (C=O) groups is 2. The zero-order chi connectivity index (χ0) is 21.4. The molecule has 1 N–H and O–H groups in total. The molecule has 2 aromatic carbocycles. The number of carboxylic acid groups (broad SMARTS) is 1. The molecule has 156 valence electrons. The Morgan fingerprint density at radius 2 is 2.03 bits per heavy atom. The van der Waals surface area contributed by atoms with Gasteiger partial charge < -0.3 is 10.0 Å². The van der Waals surface area contributed by atoms with E-state index in [-0.39, 0.29) is 10.9 Å². The van der Waals surface area contributed by atoms with Gasteiger partial charge in [-0.15, -0.1) is 33.3 Å². The Morgan fingerprint density at radius 1 is 1.19 bits per heavy atom. The maximum Gasteiger partial charge on any atom is 0.335 e. The number of thioether (sulfide) groups is 1. The molecule has 1 aliphatic heterocycles. The number of rotatable bonds is 6. The Morgan fingerprint density at radius 3 is 2.81 bits per heavy atom. The molecule has 1 saturated heterocycles. The fourth-order valence-corrected chi connectivity index (χ4v) is 6.55. The summed E-state index contributed by atoms with van der Waals surface area (Å²) < 4.78 is 3.49. The van der Waals surface area contributed by atoms with Crippen molar-refractivity contribution in [2.45, 2.75) is 14.9 Å². The van der Waals surface area contributed by atoms with Crippen LogP contribution >= 0.6 is 34.9 Å². The number of para-hydroxylation sites is 1. The number of benzene rings is 2. The third kappa shape index (κ3) is 3.80. The number of carboxylic acids is 1. The van der Waals surface area contributed by atoms with Gasteiger partial charge in [0.15, 0.2) is 10.2 Å². The molecule has 0 radical (unpaired) electrons. The zero-order valence-corrected chi connectivity index (χ0v) is 18.4. The lowest BCUT2D eigenvalue weighted by atomic mass is 10.2. The summed E-state index contributed by atoms with van der Waals surface area (Å²) in [6.07, 6.45) is 0.856. The summed E-state index contributed by atoms with van der Waals surface area (Å²) in [5, 5.41) is 18.5. The van der Waals surface area contributed by atoms with Crippen molar-refractivity contribution in [2.24, 2.45) is 0 Å². The first kappa shape index (κ1) is 20.0. The SMILES string of the molecule is O=CN1CCSC1c1nnc(Sc2nc3ccc(C(=O)O)cc3s2)n1-c1ccccc1. The third-order valence-corrected chi connectivity index (χ3v) is 7.99. The van der Waals surface area contributed by atoms with Crippen LogP contribution in [0.5, 0.6) is 0 Å². The lowest BCUT2D eigenvalue weighted by molar-refractivity contribution is -0.118. The number of hydrogen-bond donors (Lipinski definition) is 1. The molecule has 0 saturated carbocycles. The number of hydrogen-bond acceptors (Lipinski definition) is 8. The second-order valence-electron chi connectivity index (χ2n) is 6.65. The predicted octanol–water partition coefficient (Wildman–Crippen LogP) is 3.93. The molecule has 1 fully saturated rings. The first-order valence-corrected chi connectivity index (χ1v) is 12.0. The van der Waals surface area contributed by atoms with Gasteiger partial charge in [-0.25, -0.2) is 9.78 Å². The Balaban J connectivity index is 1.55. The minimum absolute atomic E-state index is 0.201. The van der Waals surface area contributed by atoms with Gasteiger partial charge in [-0.2, -0.15) is 0 Å². The molecule has 0 aliphatic carbocycles. The average molecular weight is 470 g/mol. The van der Waals surface area contributed by atoms with Gasteiger partial charge in [-0.05, 0) is 42.1 Å². The summed E-state index contributed by atoms with van der Waals surface area (Å²) in [6.45, 7) is 0.673. The van der Waals surface area contributed by atoms with Crippen LogP contribution in [0.1, 0.15) is 21.6 Å². The lowest BCUT2D eigenvalue weighted by Crippen LogP contribution is -2.23. The quantitative estimate of drug-likeness (QED) is 0.424. The second kappa shape index (κ2) is 8.33. The van der Waals surface area contributed by atoms with Crippen LogP contribution in [0.3, 0.4) is 0 Å². The first-order chi connectivity index (χ1) is 15.1. The van der Waals surface area contributed by atoms with Crippen molar-refractivity contribution in [1.29, 1.82) is 0 Å². The number of aromatic carboxylic acids is 1. The van der Waals surface area contributed by atoms with E-state index >= 15 is 0 Å². The minimum Gasteiger partial charge on any atom is -0.478 e. The van der Waals surface area contributed by atoms with Crippen molar-refractivity contribution < 1.29 is 14.7 Å². The van der Waals surface area contributed by atoms with Crippen LogP contribution in [-0.2, 0) is 4.79 Å². The van der Waals surface area contributed by atoms with E-state index in [2.05, 4.69) is 15.2 Å². The maximum absolute atomic E-state index is 11.5. The Kier molecular flexibility index (Phi) is 5.38. The third-order valence-electron chi connectivity index (χ3n) is 4.75. The molecule has 0 bridgehead atoms. The van der Waals surface area contributed by atoms with Crippen molar-refractivity contribution in [3.05, 3.63) is 59.9 Å². The molecule has 0 spiro atoms. The van der Waals surface area contributed by atoms with Crippen molar-refractivity contribution >= 4 is 57.5 Å². The van der Waals surface area contributed by atoms with Crippen LogP contribution in [0.2, 0.25) is 0 Å². The van der Waals surface area contributed by atoms with E-state index in [0.29, 0.717) is 17.5 Å². The number of amides is 1. The molecule has 4 aromatic rings. The van der Waals surface area contributed by atoms with E-state index in [0.717, 1.165) is 32.4 Å². The van der Waals surface area contributed by atoms with Crippen molar-refractivity contribution in [2.75, 3.05) is 12.3 Å². The monoisotopic (exact) mass is 469 g/mol. The highest BCUT2D eigenvalue weighted by molar-refractivity contribution is 8.01. The van der Waals surface area contributed by atoms with Gasteiger partial charge >= 0.3 is 5.97 Å². The van der Waals surface area contributed by atoms with Gasteiger partial charge in [0.1, 0.15) is 5.37 Å². The van der Waals surface area contributed by atoms with E-state index in [1.807, 2.05) is 34.9 Å². The fraction of sp³-hybridized carbons (Fsp3) is 0.150. The fourth-order valence-electron chi connectivity index (χ4n) is 3.30. The Hall–Kier alpha value is -2.89. The van der Waals surface area contributed by atoms with E-state index in [1.54, 1.807) is 34.9 Å². The van der Waals surface area contributed by atoms with Gasteiger partial charge in [0, 0.05) is 18.0 Å². The van der Waals surface area contributed by atoms with Gasteiger partial charge in [0.25, 0.3) is 0 Å². The van der Waals surface area contributed by atoms with Crippen LogP contribution in [-0.4, -0.2) is 54.4 Å². The normalized spacial score (nSPS) is 16.1. The Bertz CT molecular complexity index is 1270. The van der Waals surface area contributed by atoms with E-state index in [4.69, 9.17) is 0 Å². The number of nitrogens with zero attached hydrogens (tertiary/aromatic N) is 5. The number of carbonyl (C=O) groups excluding carboxylic acids is 1. The highest BCUT2D eigenvalue weighted by Gasteiger charge is 2.32. The Labute approximate surface area is 189 Å². The maximum atomic E-state index is 11.5. The van der Waals surface area contributed by atoms with E-state index < -0.39 is 5.97 Å². The molecular weight excluding hydrogens is 454 g/mol. The molecule has 5 rings (SSSR count). The molecule has 1 atom stereocenters. The van der Waals surface area contributed by atoms with Crippen LogP contribution in [0, 0.1) is 0 Å².